The molecule has 20 heavy (non-hydrogen) atoms. The van der Waals surface area contributed by atoms with E-state index in [4.69, 9.17) is 5.11 Å². The van der Waals surface area contributed by atoms with E-state index in [0.29, 0.717) is 18.3 Å². The Morgan fingerprint density at radius 1 is 1.15 bits per heavy atom. The van der Waals surface area contributed by atoms with Crippen molar-refractivity contribution in [2.24, 2.45) is 23.7 Å². The average molecular weight is 308 g/mol. The number of aliphatic carboxylic acids is 2. The molecule has 0 saturated carbocycles. The number of hydrogen-bond acceptors (Lipinski definition) is 2. The van der Waals surface area contributed by atoms with Crippen LogP contribution in [0, 0.1) is 23.7 Å². The smallest absolute Gasteiger partial charge is 0.307 e. The van der Waals surface area contributed by atoms with Crippen LogP contribution in [0.5, 0.6) is 0 Å². The molecule has 0 aliphatic carbocycles. The Balaban J connectivity index is 0.00000361. The fraction of sp³-hybridized carbons (Fsp3) is 0.857. The summed E-state index contributed by atoms with van der Waals surface area (Å²) >= 11 is 0. The maximum atomic E-state index is 11.3. The van der Waals surface area contributed by atoms with Crippen LogP contribution in [0.2, 0.25) is 0 Å². The van der Waals surface area contributed by atoms with E-state index in [1.165, 1.54) is 6.92 Å². The second kappa shape index (κ2) is 7.27. The maximum Gasteiger partial charge on any atom is 0.307 e. The first kappa shape index (κ1) is 19.2. The average Bonchev–Trinajstić information content (AvgIpc) is 2.59. The summed E-state index contributed by atoms with van der Waals surface area (Å²) in [6, 6.07) is 0. The Bertz CT molecular complexity index is 359. The Morgan fingerprint density at radius 3 is 2.05 bits per heavy atom. The van der Waals surface area contributed by atoms with Gasteiger partial charge in [-0.1, -0.05) is 13.8 Å². The van der Waals surface area contributed by atoms with Crippen LogP contribution < -0.4 is 12.4 Å². The van der Waals surface area contributed by atoms with E-state index in [2.05, 4.69) is 21.0 Å². The van der Waals surface area contributed by atoms with E-state index in [-0.39, 0.29) is 12.4 Å². The second-order valence-electron chi connectivity index (χ2n) is 6.54. The minimum Gasteiger partial charge on any atom is -1.00 e. The highest BCUT2D eigenvalue weighted by atomic mass is 35.5. The lowest BCUT2D eigenvalue weighted by Crippen LogP contribution is -3.00. The highest BCUT2D eigenvalue weighted by molar-refractivity contribution is 5.79. The third kappa shape index (κ3) is 4.63. The van der Waals surface area contributed by atoms with Crippen molar-refractivity contribution in [3.63, 3.8) is 0 Å². The summed E-state index contributed by atoms with van der Waals surface area (Å²) in [6.07, 6.45) is 1.50. The molecule has 5 nitrogen and oxygen atoms in total. The minimum atomic E-state index is -1.02. The standard InChI is InChI=1S/C14H25NO4.ClH/c1-5-10-7-15(3,4)8-11(10)6-12(14(18)19)9(2)13(16)17;/h9-12H,5-8H2,1-4H3,(H-,16,17,18,19);1H. The predicted molar refractivity (Wildman–Crippen MR) is 71.7 cm³/mol. The Labute approximate surface area is 127 Å². The van der Waals surface area contributed by atoms with Gasteiger partial charge < -0.3 is 27.1 Å². The van der Waals surface area contributed by atoms with Crippen LogP contribution in [0.3, 0.4) is 0 Å². The monoisotopic (exact) mass is 307 g/mol. The molecule has 1 fully saturated rings. The molecule has 118 valence electrons. The van der Waals surface area contributed by atoms with E-state index in [1.54, 1.807) is 0 Å². The van der Waals surface area contributed by atoms with Gasteiger partial charge >= 0.3 is 11.9 Å². The summed E-state index contributed by atoms with van der Waals surface area (Å²) in [5.74, 6) is -2.81. The Morgan fingerprint density at radius 2 is 1.65 bits per heavy atom. The molecule has 1 heterocycles. The van der Waals surface area contributed by atoms with E-state index in [9.17, 15) is 14.7 Å². The number of likely N-dealkylation sites (tertiary alicyclic amines) is 1. The highest BCUT2D eigenvalue weighted by Crippen LogP contribution is 2.35. The van der Waals surface area contributed by atoms with Crippen LogP contribution in [-0.4, -0.2) is 53.8 Å². The molecule has 1 aliphatic rings. The van der Waals surface area contributed by atoms with Crippen LogP contribution in [0.1, 0.15) is 26.7 Å². The molecule has 0 aromatic heterocycles. The zero-order chi connectivity index (χ0) is 14.8. The van der Waals surface area contributed by atoms with Crippen molar-refractivity contribution < 1.29 is 36.7 Å². The lowest BCUT2D eigenvalue weighted by molar-refractivity contribution is -0.880. The molecular weight excluding hydrogens is 282 g/mol. The van der Waals surface area contributed by atoms with Gasteiger partial charge in [0.05, 0.1) is 39.0 Å². The number of carboxylic acid groups (broad SMARTS) is 2. The highest BCUT2D eigenvalue weighted by Gasteiger charge is 2.42. The van der Waals surface area contributed by atoms with Gasteiger partial charge in [-0.15, -0.1) is 0 Å². The third-order valence-electron chi connectivity index (χ3n) is 4.52. The summed E-state index contributed by atoms with van der Waals surface area (Å²) < 4.78 is 0.900. The molecule has 4 unspecified atom stereocenters. The number of hydrogen-bond donors (Lipinski definition) is 2. The third-order valence-corrected chi connectivity index (χ3v) is 4.52. The fourth-order valence-corrected chi connectivity index (χ4v) is 3.39. The van der Waals surface area contributed by atoms with Crippen molar-refractivity contribution in [1.29, 1.82) is 0 Å². The van der Waals surface area contributed by atoms with E-state index >= 15 is 0 Å². The SMILES string of the molecule is CCC1C[N+](C)(C)CC1CC(C(=O)O)C(C)C(=O)O.[Cl-]. The van der Waals surface area contributed by atoms with Gasteiger partial charge in [0, 0.05) is 11.8 Å². The molecule has 1 rings (SSSR count). The van der Waals surface area contributed by atoms with Crippen molar-refractivity contribution in [2.75, 3.05) is 27.2 Å². The lowest BCUT2D eigenvalue weighted by atomic mass is 9.80. The Kier molecular flexibility index (Phi) is 6.98. The molecular formula is C14H26ClNO4. The summed E-state index contributed by atoms with van der Waals surface area (Å²) in [5.41, 5.74) is 0. The molecule has 1 saturated heterocycles. The zero-order valence-electron chi connectivity index (χ0n) is 12.7. The van der Waals surface area contributed by atoms with Crippen LogP contribution in [0.15, 0.2) is 0 Å². The van der Waals surface area contributed by atoms with Crippen LogP contribution in [0.4, 0.5) is 0 Å². The molecule has 0 aromatic carbocycles. The quantitative estimate of drug-likeness (QED) is 0.588. The first-order chi connectivity index (χ1) is 8.68. The first-order valence-corrected chi connectivity index (χ1v) is 6.95. The number of quaternary nitrogens is 1. The molecule has 0 amide bonds. The number of nitrogens with zero attached hydrogens (tertiary/aromatic N) is 1. The Hall–Kier alpha value is -0.810. The minimum absolute atomic E-state index is 0. The summed E-state index contributed by atoms with van der Waals surface area (Å²) in [6.45, 7) is 5.61. The van der Waals surface area contributed by atoms with Gasteiger partial charge in [-0.3, -0.25) is 9.59 Å². The molecule has 0 bridgehead atoms. The van der Waals surface area contributed by atoms with E-state index in [1.807, 2.05) is 0 Å². The van der Waals surface area contributed by atoms with Gasteiger partial charge in [0.1, 0.15) is 0 Å². The van der Waals surface area contributed by atoms with Crippen molar-refractivity contribution >= 4 is 11.9 Å². The predicted octanol–water partition coefficient (Wildman–Crippen LogP) is -1.47. The van der Waals surface area contributed by atoms with Crippen LogP contribution in [0.25, 0.3) is 0 Å². The van der Waals surface area contributed by atoms with Crippen molar-refractivity contribution in [3.05, 3.63) is 0 Å². The van der Waals surface area contributed by atoms with Gasteiger partial charge in [-0.25, -0.2) is 0 Å². The normalized spacial score (nSPS) is 27.4. The van der Waals surface area contributed by atoms with Gasteiger partial charge in [0.2, 0.25) is 0 Å². The van der Waals surface area contributed by atoms with Gasteiger partial charge in [-0.05, 0) is 12.8 Å². The first-order valence-electron chi connectivity index (χ1n) is 6.95. The van der Waals surface area contributed by atoms with Crippen molar-refractivity contribution in [3.8, 4) is 0 Å². The number of rotatable bonds is 6. The summed E-state index contributed by atoms with van der Waals surface area (Å²) in [7, 11) is 4.30. The second-order valence-corrected chi connectivity index (χ2v) is 6.54. The molecule has 0 aromatic rings. The van der Waals surface area contributed by atoms with Crippen LogP contribution in [-0.2, 0) is 9.59 Å². The largest absolute Gasteiger partial charge is 1.00 e. The molecule has 0 spiro atoms. The zero-order valence-corrected chi connectivity index (χ0v) is 13.4. The molecule has 1 aliphatic heterocycles. The number of carboxylic acids is 2. The molecule has 6 heteroatoms. The van der Waals surface area contributed by atoms with Gasteiger partial charge in [0.15, 0.2) is 0 Å². The van der Waals surface area contributed by atoms with Crippen molar-refractivity contribution in [1.82, 2.24) is 0 Å². The number of carbonyl (C=O) groups is 2. The lowest BCUT2D eigenvalue weighted by Gasteiger charge is -2.24. The van der Waals surface area contributed by atoms with Gasteiger partial charge in [0.25, 0.3) is 0 Å². The number of halogens is 1. The van der Waals surface area contributed by atoms with Crippen molar-refractivity contribution in [2.45, 2.75) is 26.7 Å². The molecule has 4 atom stereocenters. The van der Waals surface area contributed by atoms with E-state index < -0.39 is 23.8 Å². The fourth-order valence-electron chi connectivity index (χ4n) is 3.39. The topological polar surface area (TPSA) is 74.6 Å². The maximum absolute atomic E-state index is 11.3. The van der Waals surface area contributed by atoms with E-state index in [0.717, 1.165) is 24.0 Å². The summed E-state index contributed by atoms with van der Waals surface area (Å²) in [4.78, 5) is 22.4. The van der Waals surface area contributed by atoms with Gasteiger partial charge in [-0.2, -0.15) is 0 Å². The molecule has 2 N–H and O–H groups in total. The summed E-state index contributed by atoms with van der Waals surface area (Å²) in [5, 5.41) is 18.3. The van der Waals surface area contributed by atoms with Crippen LogP contribution >= 0.6 is 0 Å². The molecule has 0 radical (unpaired) electrons.